The standard InChI is InChI=1S/C11H14N4/c1-2-10-5-7-14-15(10)11-9(8-12)4-3-6-13-11/h3-7H,2,8,12H2,1H3. The Kier molecular flexibility index (Phi) is 2.78. The summed E-state index contributed by atoms with van der Waals surface area (Å²) in [5, 5.41) is 4.26. The summed E-state index contributed by atoms with van der Waals surface area (Å²) in [6.07, 6.45) is 4.48. The van der Waals surface area contributed by atoms with E-state index in [1.807, 2.05) is 22.9 Å². The van der Waals surface area contributed by atoms with E-state index in [9.17, 15) is 0 Å². The van der Waals surface area contributed by atoms with Crippen molar-refractivity contribution in [1.29, 1.82) is 0 Å². The molecule has 2 aromatic rings. The molecule has 4 nitrogen and oxygen atoms in total. The highest BCUT2D eigenvalue weighted by Crippen LogP contribution is 2.12. The van der Waals surface area contributed by atoms with Gasteiger partial charge in [0.05, 0.1) is 0 Å². The van der Waals surface area contributed by atoms with Gasteiger partial charge in [0, 0.05) is 30.2 Å². The molecule has 0 amide bonds. The topological polar surface area (TPSA) is 56.7 Å². The van der Waals surface area contributed by atoms with Crippen LogP contribution >= 0.6 is 0 Å². The molecule has 15 heavy (non-hydrogen) atoms. The Morgan fingerprint density at radius 3 is 2.93 bits per heavy atom. The van der Waals surface area contributed by atoms with E-state index < -0.39 is 0 Å². The molecule has 2 N–H and O–H groups in total. The largest absolute Gasteiger partial charge is 0.326 e. The van der Waals surface area contributed by atoms with Gasteiger partial charge in [-0.2, -0.15) is 5.10 Å². The quantitative estimate of drug-likeness (QED) is 0.815. The summed E-state index contributed by atoms with van der Waals surface area (Å²) < 4.78 is 1.85. The van der Waals surface area contributed by atoms with Gasteiger partial charge in [-0.15, -0.1) is 0 Å². The fourth-order valence-electron chi connectivity index (χ4n) is 1.57. The highest BCUT2D eigenvalue weighted by atomic mass is 15.3. The lowest BCUT2D eigenvalue weighted by molar-refractivity contribution is 0.774. The normalized spacial score (nSPS) is 10.5. The van der Waals surface area contributed by atoms with Crippen molar-refractivity contribution in [1.82, 2.24) is 14.8 Å². The molecule has 0 saturated carbocycles. The van der Waals surface area contributed by atoms with Gasteiger partial charge in [0.25, 0.3) is 0 Å². The third kappa shape index (κ3) is 1.76. The van der Waals surface area contributed by atoms with Crippen molar-refractivity contribution < 1.29 is 0 Å². The molecule has 0 aliphatic heterocycles. The predicted octanol–water partition coefficient (Wildman–Crippen LogP) is 1.29. The van der Waals surface area contributed by atoms with E-state index in [1.165, 1.54) is 0 Å². The van der Waals surface area contributed by atoms with Crippen molar-refractivity contribution in [2.45, 2.75) is 19.9 Å². The van der Waals surface area contributed by atoms with Crippen LogP contribution in [0.2, 0.25) is 0 Å². The van der Waals surface area contributed by atoms with E-state index >= 15 is 0 Å². The molecule has 0 radical (unpaired) electrons. The number of aromatic nitrogens is 3. The molecule has 0 spiro atoms. The monoisotopic (exact) mass is 202 g/mol. The van der Waals surface area contributed by atoms with Gasteiger partial charge in [-0.1, -0.05) is 13.0 Å². The number of pyridine rings is 1. The van der Waals surface area contributed by atoms with E-state index in [2.05, 4.69) is 17.0 Å². The van der Waals surface area contributed by atoms with E-state index in [1.54, 1.807) is 12.4 Å². The van der Waals surface area contributed by atoms with Crippen LogP contribution in [0.1, 0.15) is 18.2 Å². The molecular weight excluding hydrogens is 188 g/mol. The first-order valence-electron chi connectivity index (χ1n) is 5.04. The zero-order valence-corrected chi connectivity index (χ0v) is 8.72. The molecule has 0 fully saturated rings. The molecule has 0 atom stereocenters. The average Bonchev–Trinajstić information content (AvgIpc) is 2.76. The second-order valence-corrected chi connectivity index (χ2v) is 3.28. The van der Waals surface area contributed by atoms with Crippen LogP contribution in [0.4, 0.5) is 0 Å². The summed E-state index contributed by atoms with van der Waals surface area (Å²) in [5.74, 6) is 0.835. The van der Waals surface area contributed by atoms with Gasteiger partial charge in [-0.05, 0) is 18.6 Å². The molecule has 4 heteroatoms. The first-order chi connectivity index (χ1) is 7.36. The lowest BCUT2D eigenvalue weighted by Gasteiger charge is -2.08. The average molecular weight is 202 g/mol. The zero-order valence-electron chi connectivity index (χ0n) is 8.72. The molecule has 0 saturated heterocycles. The summed E-state index contributed by atoms with van der Waals surface area (Å²) in [5.41, 5.74) is 7.82. The Bertz CT molecular complexity index is 447. The van der Waals surface area contributed by atoms with Gasteiger partial charge in [0.1, 0.15) is 0 Å². The molecular formula is C11H14N4. The predicted molar refractivity (Wildman–Crippen MR) is 58.6 cm³/mol. The first-order valence-corrected chi connectivity index (χ1v) is 5.04. The molecule has 0 unspecified atom stereocenters. The Balaban J connectivity index is 2.53. The SMILES string of the molecule is CCc1ccnn1-c1ncccc1CN. The van der Waals surface area contributed by atoms with E-state index in [0.717, 1.165) is 23.5 Å². The molecule has 0 bridgehead atoms. The van der Waals surface area contributed by atoms with Gasteiger partial charge in [0.2, 0.25) is 0 Å². The van der Waals surface area contributed by atoms with Crippen LogP contribution in [-0.4, -0.2) is 14.8 Å². The Morgan fingerprint density at radius 2 is 2.20 bits per heavy atom. The number of rotatable bonds is 3. The molecule has 78 valence electrons. The maximum Gasteiger partial charge on any atom is 0.158 e. The molecule has 0 aliphatic carbocycles. The highest BCUT2D eigenvalue weighted by molar-refractivity contribution is 5.34. The van der Waals surface area contributed by atoms with Crippen LogP contribution in [0, 0.1) is 0 Å². The fraction of sp³-hybridized carbons (Fsp3) is 0.273. The van der Waals surface area contributed by atoms with Crippen molar-refractivity contribution in [2.75, 3.05) is 0 Å². The second kappa shape index (κ2) is 4.23. The minimum Gasteiger partial charge on any atom is -0.326 e. The second-order valence-electron chi connectivity index (χ2n) is 3.28. The van der Waals surface area contributed by atoms with Gasteiger partial charge in [0.15, 0.2) is 5.82 Å². The van der Waals surface area contributed by atoms with Crippen molar-refractivity contribution in [3.63, 3.8) is 0 Å². The maximum absolute atomic E-state index is 5.67. The molecule has 0 aliphatic rings. The van der Waals surface area contributed by atoms with Crippen molar-refractivity contribution in [3.05, 3.63) is 41.9 Å². The molecule has 2 aromatic heterocycles. The fourth-order valence-corrected chi connectivity index (χ4v) is 1.57. The highest BCUT2D eigenvalue weighted by Gasteiger charge is 2.07. The Hall–Kier alpha value is -1.68. The molecule has 0 aromatic carbocycles. The number of hydrogen-bond donors (Lipinski definition) is 1. The lowest BCUT2D eigenvalue weighted by atomic mass is 10.2. The van der Waals surface area contributed by atoms with Gasteiger partial charge in [-0.25, -0.2) is 9.67 Å². The molecule has 2 heterocycles. The van der Waals surface area contributed by atoms with Crippen molar-refractivity contribution in [3.8, 4) is 5.82 Å². The summed E-state index contributed by atoms with van der Waals surface area (Å²) in [7, 11) is 0. The van der Waals surface area contributed by atoms with Crippen LogP contribution in [0.15, 0.2) is 30.6 Å². The van der Waals surface area contributed by atoms with Crippen LogP contribution in [0.3, 0.4) is 0 Å². The summed E-state index contributed by atoms with van der Waals surface area (Å²) in [4.78, 5) is 4.32. The van der Waals surface area contributed by atoms with Gasteiger partial charge in [-0.3, -0.25) is 0 Å². The van der Waals surface area contributed by atoms with Gasteiger partial charge >= 0.3 is 0 Å². The van der Waals surface area contributed by atoms with Crippen LogP contribution in [-0.2, 0) is 13.0 Å². The van der Waals surface area contributed by atoms with E-state index in [-0.39, 0.29) is 0 Å². The third-order valence-corrected chi connectivity index (χ3v) is 2.37. The smallest absolute Gasteiger partial charge is 0.158 e. The van der Waals surface area contributed by atoms with Crippen LogP contribution < -0.4 is 5.73 Å². The number of hydrogen-bond acceptors (Lipinski definition) is 3. The van der Waals surface area contributed by atoms with Crippen molar-refractivity contribution in [2.24, 2.45) is 5.73 Å². The first kappa shape index (κ1) is 9.86. The summed E-state index contributed by atoms with van der Waals surface area (Å²) in [6.45, 7) is 2.57. The van der Waals surface area contributed by atoms with Crippen LogP contribution in [0.25, 0.3) is 5.82 Å². The van der Waals surface area contributed by atoms with Crippen molar-refractivity contribution >= 4 is 0 Å². The third-order valence-electron chi connectivity index (χ3n) is 2.37. The number of nitrogens with zero attached hydrogens (tertiary/aromatic N) is 3. The minimum atomic E-state index is 0.478. The molecule has 2 rings (SSSR count). The zero-order chi connectivity index (χ0) is 10.7. The number of nitrogens with two attached hydrogens (primary N) is 1. The van der Waals surface area contributed by atoms with Crippen LogP contribution in [0.5, 0.6) is 0 Å². The summed E-state index contributed by atoms with van der Waals surface area (Å²) >= 11 is 0. The maximum atomic E-state index is 5.67. The Labute approximate surface area is 88.8 Å². The van der Waals surface area contributed by atoms with E-state index in [4.69, 9.17) is 5.73 Å². The lowest BCUT2D eigenvalue weighted by Crippen LogP contribution is -2.09. The number of aryl methyl sites for hydroxylation is 1. The summed E-state index contributed by atoms with van der Waals surface area (Å²) in [6, 6.07) is 5.86. The van der Waals surface area contributed by atoms with Gasteiger partial charge < -0.3 is 5.73 Å². The van der Waals surface area contributed by atoms with E-state index in [0.29, 0.717) is 6.54 Å². The Morgan fingerprint density at radius 1 is 1.33 bits per heavy atom. The minimum absolute atomic E-state index is 0.478.